The monoisotopic (exact) mass is 204 g/mol. The van der Waals surface area contributed by atoms with E-state index in [4.69, 9.17) is 0 Å². The lowest BCUT2D eigenvalue weighted by atomic mass is 10.2. The predicted molar refractivity (Wildman–Crippen MR) is 61.8 cm³/mol. The first-order valence-electron chi connectivity index (χ1n) is 4.85. The Morgan fingerprint density at radius 2 is 2.20 bits per heavy atom. The number of carbonyl (C=O) groups excluding carboxylic acids is 1. The summed E-state index contributed by atoms with van der Waals surface area (Å²) in [6, 6.07) is 5.62. The van der Waals surface area contributed by atoms with E-state index in [1.165, 1.54) is 0 Å². The van der Waals surface area contributed by atoms with Crippen LogP contribution in [0.3, 0.4) is 0 Å². The minimum absolute atomic E-state index is 0.0144. The highest BCUT2D eigenvalue weighted by Gasteiger charge is 2.11. The molecule has 0 saturated heterocycles. The van der Waals surface area contributed by atoms with Crippen molar-refractivity contribution in [3.05, 3.63) is 36.0 Å². The molecule has 0 aliphatic rings. The fourth-order valence-corrected chi connectivity index (χ4v) is 1.22. The summed E-state index contributed by atoms with van der Waals surface area (Å²) in [5.41, 5.74) is 1.77. The standard InChI is InChI=1S/C12H16N2O/c1-9(2)8-12(15)14(4)11-7-5-6-10(3)13-11/h5-7H,1,8H2,2-4H3. The molecule has 0 aromatic carbocycles. The summed E-state index contributed by atoms with van der Waals surface area (Å²) in [5.74, 6) is 0.696. The van der Waals surface area contributed by atoms with Crippen LogP contribution in [0.1, 0.15) is 19.0 Å². The molecule has 1 aromatic rings. The van der Waals surface area contributed by atoms with Gasteiger partial charge in [-0.3, -0.25) is 9.69 Å². The minimum atomic E-state index is 0.0144. The Hall–Kier alpha value is -1.64. The second-order valence-corrected chi connectivity index (χ2v) is 3.72. The van der Waals surface area contributed by atoms with Crippen molar-refractivity contribution in [2.45, 2.75) is 20.3 Å². The van der Waals surface area contributed by atoms with Crippen molar-refractivity contribution in [3.63, 3.8) is 0 Å². The van der Waals surface area contributed by atoms with E-state index in [0.717, 1.165) is 11.3 Å². The molecule has 3 nitrogen and oxygen atoms in total. The lowest BCUT2D eigenvalue weighted by Gasteiger charge is -2.16. The van der Waals surface area contributed by atoms with Gasteiger partial charge in [-0.2, -0.15) is 0 Å². The van der Waals surface area contributed by atoms with Crippen LogP contribution in [0.25, 0.3) is 0 Å². The Morgan fingerprint density at radius 1 is 1.53 bits per heavy atom. The SMILES string of the molecule is C=C(C)CC(=O)N(C)c1cccc(C)n1. The number of amides is 1. The molecule has 80 valence electrons. The van der Waals surface area contributed by atoms with E-state index in [1.54, 1.807) is 11.9 Å². The zero-order chi connectivity index (χ0) is 11.4. The number of pyridine rings is 1. The summed E-state index contributed by atoms with van der Waals surface area (Å²) >= 11 is 0. The molecule has 0 unspecified atom stereocenters. The Kier molecular flexibility index (Phi) is 3.61. The van der Waals surface area contributed by atoms with Gasteiger partial charge in [-0.1, -0.05) is 18.2 Å². The molecule has 0 atom stereocenters. The molecular weight excluding hydrogens is 188 g/mol. The molecule has 0 saturated carbocycles. The zero-order valence-electron chi connectivity index (χ0n) is 9.45. The maximum Gasteiger partial charge on any atom is 0.231 e. The number of nitrogens with zero attached hydrogens (tertiary/aromatic N) is 2. The van der Waals surface area contributed by atoms with E-state index in [2.05, 4.69) is 11.6 Å². The van der Waals surface area contributed by atoms with Crippen LogP contribution in [0, 0.1) is 6.92 Å². The van der Waals surface area contributed by atoms with E-state index in [-0.39, 0.29) is 5.91 Å². The zero-order valence-corrected chi connectivity index (χ0v) is 9.45. The van der Waals surface area contributed by atoms with Gasteiger partial charge in [0, 0.05) is 19.2 Å². The third-order valence-electron chi connectivity index (χ3n) is 2.04. The molecule has 0 N–H and O–H groups in total. The van der Waals surface area contributed by atoms with Crippen molar-refractivity contribution < 1.29 is 4.79 Å². The fourth-order valence-electron chi connectivity index (χ4n) is 1.22. The van der Waals surface area contributed by atoms with E-state index in [0.29, 0.717) is 12.2 Å². The van der Waals surface area contributed by atoms with Crippen molar-refractivity contribution in [3.8, 4) is 0 Å². The second kappa shape index (κ2) is 4.73. The van der Waals surface area contributed by atoms with E-state index < -0.39 is 0 Å². The highest BCUT2D eigenvalue weighted by molar-refractivity contribution is 5.93. The van der Waals surface area contributed by atoms with Crippen molar-refractivity contribution in [1.82, 2.24) is 4.98 Å². The van der Waals surface area contributed by atoms with Gasteiger partial charge in [0.05, 0.1) is 0 Å². The maximum absolute atomic E-state index is 11.7. The molecule has 0 radical (unpaired) electrons. The van der Waals surface area contributed by atoms with Gasteiger partial charge < -0.3 is 0 Å². The summed E-state index contributed by atoms with van der Waals surface area (Å²) in [5, 5.41) is 0. The van der Waals surface area contributed by atoms with Gasteiger partial charge in [-0.15, -0.1) is 0 Å². The summed E-state index contributed by atoms with van der Waals surface area (Å²) in [7, 11) is 1.73. The van der Waals surface area contributed by atoms with Crippen molar-refractivity contribution in [2.75, 3.05) is 11.9 Å². The number of aryl methyl sites for hydroxylation is 1. The van der Waals surface area contributed by atoms with Crippen LogP contribution in [0.15, 0.2) is 30.4 Å². The van der Waals surface area contributed by atoms with Crippen LogP contribution in [0.4, 0.5) is 5.82 Å². The largest absolute Gasteiger partial charge is 0.300 e. The van der Waals surface area contributed by atoms with Crippen LogP contribution in [0.2, 0.25) is 0 Å². The molecule has 15 heavy (non-hydrogen) atoms. The molecule has 1 heterocycles. The third kappa shape index (κ3) is 3.20. The van der Waals surface area contributed by atoms with Crippen LogP contribution < -0.4 is 4.90 Å². The van der Waals surface area contributed by atoms with Gasteiger partial charge >= 0.3 is 0 Å². The quantitative estimate of drug-likeness (QED) is 0.708. The third-order valence-corrected chi connectivity index (χ3v) is 2.04. The van der Waals surface area contributed by atoms with Crippen molar-refractivity contribution >= 4 is 11.7 Å². The van der Waals surface area contributed by atoms with Gasteiger partial charge in [0.1, 0.15) is 5.82 Å². The summed E-state index contributed by atoms with van der Waals surface area (Å²) in [6.45, 7) is 7.47. The number of carbonyl (C=O) groups is 1. The Labute approximate surface area is 90.4 Å². The van der Waals surface area contributed by atoms with Gasteiger partial charge in [-0.05, 0) is 26.0 Å². The summed E-state index contributed by atoms with van der Waals surface area (Å²) in [4.78, 5) is 17.5. The molecule has 0 spiro atoms. The van der Waals surface area contributed by atoms with Crippen LogP contribution in [-0.2, 0) is 4.79 Å². The number of hydrogen-bond donors (Lipinski definition) is 0. The highest BCUT2D eigenvalue weighted by Crippen LogP contribution is 2.11. The van der Waals surface area contributed by atoms with Crippen LogP contribution in [-0.4, -0.2) is 17.9 Å². The summed E-state index contributed by atoms with van der Waals surface area (Å²) < 4.78 is 0. The first kappa shape index (κ1) is 11.4. The Morgan fingerprint density at radius 3 is 2.73 bits per heavy atom. The number of anilines is 1. The van der Waals surface area contributed by atoms with E-state index in [9.17, 15) is 4.79 Å². The first-order chi connectivity index (χ1) is 7.00. The second-order valence-electron chi connectivity index (χ2n) is 3.72. The highest BCUT2D eigenvalue weighted by atomic mass is 16.2. The lowest BCUT2D eigenvalue weighted by molar-refractivity contribution is -0.117. The predicted octanol–water partition coefficient (Wildman–Crippen LogP) is 2.32. The number of aromatic nitrogens is 1. The first-order valence-corrected chi connectivity index (χ1v) is 4.85. The Balaban J connectivity index is 2.80. The normalized spacial score (nSPS) is 9.80. The van der Waals surface area contributed by atoms with E-state index >= 15 is 0 Å². The maximum atomic E-state index is 11.7. The van der Waals surface area contributed by atoms with Gasteiger partial charge in [-0.25, -0.2) is 4.98 Å². The van der Waals surface area contributed by atoms with Crippen LogP contribution in [0.5, 0.6) is 0 Å². The van der Waals surface area contributed by atoms with E-state index in [1.807, 2.05) is 32.0 Å². The average molecular weight is 204 g/mol. The topological polar surface area (TPSA) is 33.2 Å². The molecule has 1 rings (SSSR count). The average Bonchev–Trinajstić information content (AvgIpc) is 2.15. The fraction of sp³-hybridized carbons (Fsp3) is 0.333. The molecular formula is C12H16N2O. The van der Waals surface area contributed by atoms with Crippen molar-refractivity contribution in [2.24, 2.45) is 0 Å². The van der Waals surface area contributed by atoms with Crippen LogP contribution >= 0.6 is 0 Å². The lowest BCUT2D eigenvalue weighted by Crippen LogP contribution is -2.27. The van der Waals surface area contributed by atoms with Gasteiger partial charge in [0.15, 0.2) is 0 Å². The number of hydrogen-bond acceptors (Lipinski definition) is 2. The molecule has 3 heteroatoms. The van der Waals surface area contributed by atoms with Gasteiger partial charge in [0.25, 0.3) is 0 Å². The molecule has 0 aliphatic carbocycles. The number of rotatable bonds is 3. The molecule has 1 amide bonds. The van der Waals surface area contributed by atoms with Crippen molar-refractivity contribution in [1.29, 1.82) is 0 Å². The Bertz CT molecular complexity index is 385. The molecule has 0 fully saturated rings. The molecule has 1 aromatic heterocycles. The van der Waals surface area contributed by atoms with Gasteiger partial charge in [0.2, 0.25) is 5.91 Å². The minimum Gasteiger partial charge on any atom is -0.300 e. The molecule has 0 bridgehead atoms. The smallest absolute Gasteiger partial charge is 0.231 e. The molecule has 0 aliphatic heterocycles. The summed E-state index contributed by atoms with van der Waals surface area (Å²) in [6.07, 6.45) is 0.367.